The van der Waals surface area contributed by atoms with E-state index in [1.165, 1.54) is 5.56 Å². The van der Waals surface area contributed by atoms with Crippen LogP contribution < -0.4 is 0 Å². The van der Waals surface area contributed by atoms with E-state index in [1.54, 1.807) is 12.5 Å². The lowest BCUT2D eigenvalue weighted by molar-refractivity contribution is 0.0574. The van der Waals surface area contributed by atoms with Crippen molar-refractivity contribution in [3.8, 4) is 0 Å². The molecule has 1 heterocycles. The average Bonchev–Trinajstić information content (AvgIpc) is 2.70. The number of benzene rings is 1. The molecule has 0 aliphatic carbocycles. The molecule has 0 aliphatic heterocycles. The maximum Gasteiger partial charge on any atom is 0.0935 e. The summed E-state index contributed by atoms with van der Waals surface area (Å²) in [6.45, 7) is 3.86. The minimum atomic E-state index is -0.850. The van der Waals surface area contributed by atoms with Crippen LogP contribution in [0.2, 0.25) is 0 Å². The van der Waals surface area contributed by atoms with Crippen molar-refractivity contribution in [3.05, 3.63) is 59.5 Å². The van der Waals surface area contributed by atoms with Crippen LogP contribution in [0.5, 0.6) is 0 Å². The molecule has 1 atom stereocenters. The lowest BCUT2D eigenvalue weighted by atomic mass is 9.89. The van der Waals surface area contributed by atoms with Crippen molar-refractivity contribution in [3.63, 3.8) is 0 Å². The molecule has 2 heteroatoms. The summed E-state index contributed by atoms with van der Waals surface area (Å²) in [5, 5.41) is 10.4. The van der Waals surface area contributed by atoms with Crippen molar-refractivity contribution in [2.75, 3.05) is 0 Å². The van der Waals surface area contributed by atoms with Gasteiger partial charge in [-0.15, -0.1) is 0 Å². The monoisotopic (exact) mass is 216 g/mol. The SMILES string of the molecule is Cc1ccc(C(C)(O)Cc2ccoc2)cc1. The van der Waals surface area contributed by atoms with E-state index in [0.717, 1.165) is 11.1 Å². The van der Waals surface area contributed by atoms with Crippen LogP contribution in [-0.4, -0.2) is 5.11 Å². The molecule has 1 unspecified atom stereocenters. The molecule has 0 saturated carbocycles. The number of furan rings is 1. The third kappa shape index (κ3) is 2.34. The van der Waals surface area contributed by atoms with Crippen LogP contribution in [0.3, 0.4) is 0 Å². The maximum atomic E-state index is 10.4. The Labute approximate surface area is 95.5 Å². The fraction of sp³-hybridized carbons (Fsp3) is 0.286. The summed E-state index contributed by atoms with van der Waals surface area (Å²) in [6.07, 6.45) is 3.86. The van der Waals surface area contributed by atoms with E-state index < -0.39 is 5.60 Å². The van der Waals surface area contributed by atoms with Crippen molar-refractivity contribution >= 4 is 0 Å². The summed E-state index contributed by atoms with van der Waals surface area (Å²) in [5.41, 5.74) is 2.28. The Bertz CT molecular complexity index is 438. The van der Waals surface area contributed by atoms with Crippen LogP contribution >= 0.6 is 0 Å². The van der Waals surface area contributed by atoms with Crippen LogP contribution in [0.4, 0.5) is 0 Å². The fourth-order valence-corrected chi connectivity index (χ4v) is 1.81. The van der Waals surface area contributed by atoms with Crippen LogP contribution in [0.1, 0.15) is 23.6 Å². The van der Waals surface area contributed by atoms with E-state index in [9.17, 15) is 5.11 Å². The van der Waals surface area contributed by atoms with Gasteiger partial charge in [0.05, 0.1) is 18.1 Å². The second-order valence-corrected chi connectivity index (χ2v) is 4.45. The van der Waals surface area contributed by atoms with Crippen LogP contribution in [-0.2, 0) is 12.0 Å². The Balaban J connectivity index is 2.21. The molecule has 16 heavy (non-hydrogen) atoms. The van der Waals surface area contributed by atoms with Crippen molar-refractivity contribution in [1.29, 1.82) is 0 Å². The van der Waals surface area contributed by atoms with Gasteiger partial charge < -0.3 is 9.52 Å². The van der Waals surface area contributed by atoms with E-state index in [0.29, 0.717) is 6.42 Å². The largest absolute Gasteiger partial charge is 0.472 e. The Morgan fingerprint density at radius 3 is 2.44 bits per heavy atom. The number of aryl methyl sites for hydroxylation is 1. The molecule has 2 rings (SSSR count). The predicted octanol–water partition coefficient (Wildman–Crippen LogP) is 3.04. The second-order valence-electron chi connectivity index (χ2n) is 4.45. The van der Waals surface area contributed by atoms with Crippen LogP contribution in [0.15, 0.2) is 47.3 Å². The highest BCUT2D eigenvalue weighted by Crippen LogP contribution is 2.25. The second kappa shape index (κ2) is 4.14. The average molecular weight is 216 g/mol. The lowest BCUT2D eigenvalue weighted by Gasteiger charge is -2.23. The van der Waals surface area contributed by atoms with Gasteiger partial charge in [-0.1, -0.05) is 29.8 Å². The van der Waals surface area contributed by atoms with E-state index in [2.05, 4.69) is 0 Å². The van der Waals surface area contributed by atoms with Crippen molar-refractivity contribution in [2.24, 2.45) is 0 Å². The summed E-state index contributed by atoms with van der Waals surface area (Å²) < 4.78 is 5.00. The third-order valence-electron chi connectivity index (χ3n) is 2.80. The molecular weight excluding hydrogens is 200 g/mol. The van der Waals surface area contributed by atoms with Gasteiger partial charge in [0, 0.05) is 6.42 Å². The Kier molecular flexibility index (Phi) is 2.84. The van der Waals surface area contributed by atoms with Gasteiger partial charge in [0.25, 0.3) is 0 Å². The minimum Gasteiger partial charge on any atom is -0.472 e. The van der Waals surface area contributed by atoms with Gasteiger partial charge in [0.1, 0.15) is 0 Å². The molecule has 0 saturated heterocycles. The van der Waals surface area contributed by atoms with Gasteiger partial charge in [0.2, 0.25) is 0 Å². The molecule has 0 amide bonds. The van der Waals surface area contributed by atoms with Gasteiger partial charge in [-0.05, 0) is 31.0 Å². The highest BCUT2D eigenvalue weighted by Gasteiger charge is 2.23. The summed E-state index contributed by atoms with van der Waals surface area (Å²) in [4.78, 5) is 0. The Morgan fingerprint density at radius 2 is 1.88 bits per heavy atom. The first-order valence-corrected chi connectivity index (χ1v) is 5.38. The maximum absolute atomic E-state index is 10.4. The van der Waals surface area contributed by atoms with E-state index in [4.69, 9.17) is 4.42 Å². The lowest BCUT2D eigenvalue weighted by Crippen LogP contribution is -2.23. The highest BCUT2D eigenvalue weighted by atomic mass is 16.3. The number of aliphatic hydroxyl groups is 1. The third-order valence-corrected chi connectivity index (χ3v) is 2.80. The zero-order valence-electron chi connectivity index (χ0n) is 9.60. The summed E-state index contributed by atoms with van der Waals surface area (Å²) in [7, 11) is 0. The normalized spacial score (nSPS) is 14.7. The standard InChI is InChI=1S/C14H16O2/c1-11-3-5-13(6-4-11)14(2,15)9-12-7-8-16-10-12/h3-8,10,15H,9H2,1-2H3. The molecular formula is C14H16O2. The fourth-order valence-electron chi connectivity index (χ4n) is 1.81. The molecule has 2 aromatic rings. The first-order valence-electron chi connectivity index (χ1n) is 5.38. The molecule has 0 aliphatic rings. The zero-order chi connectivity index (χ0) is 11.6. The smallest absolute Gasteiger partial charge is 0.0935 e. The zero-order valence-corrected chi connectivity index (χ0v) is 9.60. The summed E-state index contributed by atoms with van der Waals surface area (Å²) in [6, 6.07) is 9.84. The Morgan fingerprint density at radius 1 is 1.19 bits per heavy atom. The topological polar surface area (TPSA) is 33.4 Å². The number of hydrogen-bond acceptors (Lipinski definition) is 2. The summed E-state index contributed by atoms with van der Waals surface area (Å²) in [5.74, 6) is 0. The minimum absolute atomic E-state index is 0.562. The van der Waals surface area contributed by atoms with Crippen LogP contribution in [0, 0.1) is 6.92 Å². The molecule has 2 nitrogen and oxygen atoms in total. The molecule has 0 fully saturated rings. The van der Waals surface area contributed by atoms with Gasteiger partial charge in [-0.25, -0.2) is 0 Å². The van der Waals surface area contributed by atoms with Gasteiger partial charge >= 0.3 is 0 Å². The molecule has 0 radical (unpaired) electrons. The molecule has 1 aromatic carbocycles. The Hall–Kier alpha value is -1.54. The molecule has 1 N–H and O–H groups in total. The van der Waals surface area contributed by atoms with E-state index in [1.807, 2.05) is 44.2 Å². The van der Waals surface area contributed by atoms with Gasteiger partial charge in [-0.3, -0.25) is 0 Å². The van der Waals surface area contributed by atoms with Crippen molar-refractivity contribution in [1.82, 2.24) is 0 Å². The van der Waals surface area contributed by atoms with E-state index in [-0.39, 0.29) is 0 Å². The van der Waals surface area contributed by atoms with E-state index >= 15 is 0 Å². The first-order chi connectivity index (χ1) is 7.58. The highest BCUT2D eigenvalue weighted by molar-refractivity contribution is 5.27. The molecule has 0 bridgehead atoms. The van der Waals surface area contributed by atoms with Crippen LogP contribution in [0.25, 0.3) is 0 Å². The molecule has 1 aromatic heterocycles. The van der Waals surface area contributed by atoms with Crippen molar-refractivity contribution < 1.29 is 9.52 Å². The van der Waals surface area contributed by atoms with Gasteiger partial charge in [0.15, 0.2) is 0 Å². The number of hydrogen-bond donors (Lipinski definition) is 1. The summed E-state index contributed by atoms with van der Waals surface area (Å²) >= 11 is 0. The van der Waals surface area contributed by atoms with Gasteiger partial charge in [-0.2, -0.15) is 0 Å². The molecule has 0 spiro atoms. The predicted molar refractivity (Wildman–Crippen MR) is 63.2 cm³/mol. The molecule has 84 valence electrons. The van der Waals surface area contributed by atoms with Crippen molar-refractivity contribution in [2.45, 2.75) is 25.9 Å². The number of rotatable bonds is 3. The first kappa shape index (κ1) is 11.0. The quantitative estimate of drug-likeness (QED) is 0.855.